The van der Waals surface area contributed by atoms with Crippen molar-refractivity contribution in [2.24, 2.45) is 5.92 Å². The number of anilines is 1. The van der Waals surface area contributed by atoms with Crippen LogP contribution in [0.15, 0.2) is 36.5 Å². The fraction of sp³-hybridized carbons (Fsp3) is 0.333. The molecule has 2 rings (SSSR count). The van der Waals surface area contributed by atoms with Gasteiger partial charge in [0, 0.05) is 6.20 Å². The number of hydrogen-bond acceptors (Lipinski definition) is 2. The van der Waals surface area contributed by atoms with E-state index >= 15 is 0 Å². The Kier molecular flexibility index (Phi) is 4.57. The third-order valence-electron chi connectivity index (χ3n) is 3.28. The number of rotatable bonds is 3. The summed E-state index contributed by atoms with van der Waals surface area (Å²) in [4.78, 5) is 11.7. The molecule has 4 heteroatoms. The second-order valence-corrected chi connectivity index (χ2v) is 4.66. The Morgan fingerprint density at radius 1 is 1.32 bits per heavy atom. The SMILES string of the molecule is N#Cc1ccccc1NC(=O)N/C=C/C1CCCC1. The lowest BCUT2D eigenvalue weighted by Crippen LogP contribution is -2.24. The van der Waals surface area contributed by atoms with Gasteiger partial charge in [0.25, 0.3) is 0 Å². The van der Waals surface area contributed by atoms with Crippen molar-refractivity contribution in [1.82, 2.24) is 5.32 Å². The van der Waals surface area contributed by atoms with Crippen LogP contribution >= 0.6 is 0 Å². The van der Waals surface area contributed by atoms with Crippen molar-refractivity contribution in [1.29, 1.82) is 5.26 Å². The minimum atomic E-state index is -0.322. The molecule has 1 aliphatic rings. The molecule has 1 aromatic carbocycles. The summed E-state index contributed by atoms with van der Waals surface area (Å²) in [6, 6.07) is 8.64. The maximum atomic E-state index is 11.7. The minimum absolute atomic E-state index is 0.322. The first-order valence-electron chi connectivity index (χ1n) is 6.53. The Morgan fingerprint density at radius 3 is 2.79 bits per heavy atom. The third kappa shape index (κ3) is 3.85. The van der Waals surface area contributed by atoms with E-state index in [0.717, 1.165) is 0 Å². The molecule has 0 aromatic heterocycles. The number of urea groups is 1. The number of hydrogen-bond donors (Lipinski definition) is 2. The van der Waals surface area contributed by atoms with Crippen molar-refractivity contribution in [3.8, 4) is 6.07 Å². The Balaban J connectivity index is 1.85. The molecular weight excluding hydrogens is 238 g/mol. The summed E-state index contributed by atoms with van der Waals surface area (Å²) in [5, 5.41) is 14.2. The number of nitrogens with zero attached hydrogens (tertiary/aromatic N) is 1. The van der Waals surface area contributed by atoms with E-state index in [4.69, 9.17) is 5.26 Å². The molecule has 1 aliphatic carbocycles. The normalized spacial score (nSPS) is 15.3. The molecule has 2 N–H and O–H groups in total. The molecule has 0 saturated heterocycles. The number of carbonyl (C=O) groups excluding carboxylic acids is 1. The molecule has 0 aliphatic heterocycles. The number of allylic oxidation sites excluding steroid dienone is 1. The molecule has 19 heavy (non-hydrogen) atoms. The summed E-state index contributed by atoms with van der Waals surface area (Å²) in [5.41, 5.74) is 0.981. The monoisotopic (exact) mass is 255 g/mol. The molecular formula is C15H17N3O. The van der Waals surface area contributed by atoms with E-state index in [9.17, 15) is 4.79 Å². The first kappa shape index (κ1) is 13.2. The van der Waals surface area contributed by atoms with Gasteiger partial charge in [-0.15, -0.1) is 0 Å². The first-order chi connectivity index (χ1) is 9.29. The molecule has 0 atom stereocenters. The van der Waals surface area contributed by atoms with Crippen molar-refractivity contribution in [3.05, 3.63) is 42.1 Å². The zero-order valence-electron chi connectivity index (χ0n) is 10.7. The third-order valence-corrected chi connectivity index (χ3v) is 3.28. The Bertz CT molecular complexity index is 510. The number of nitriles is 1. The van der Waals surface area contributed by atoms with Crippen LogP contribution in [0.25, 0.3) is 0 Å². The number of carbonyl (C=O) groups is 1. The predicted molar refractivity (Wildman–Crippen MR) is 74.4 cm³/mol. The summed E-state index contributed by atoms with van der Waals surface area (Å²) >= 11 is 0. The van der Waals surface area contributed by atoms with Crippen LogP contribution in [-0.2, 0) is 0 Å². The molecule has 98 valence electrons. The van der Waals surface area contributed by atoms with Crippen LogP contribution in [0.3, 0.4) is 0 Å². The summed E-state index contributed by atoms with van der Waals surface area (Å²) in [6.07, 6.45) is 8.70. The maximum Gasteiger partial charge on any atom is 0.323 e. The molecule has 0 heterocycles. The minimum Gasteiger partial charge on any atom is -0.315 e. The van der Waals surface area contributed by atoms with Crippen LogP contribution in [-0.4, -0.2) is 6.03 Å². The van der Waals surface area contributed by atoms with Crippen LogP contribution in [0, 0.1) is 17.2 Å². The van der Waals surface area contributed by atoms with Crippen LogP contribution in [0.4, 0.5) is 10.5 Å². The highest BCUT2D eigenvalue weighted by Crippen LogP contribution is 2.25. The zero-order valence-corrected chi connectivity index (χ0v) is 10.7. The van der Waals surface area contributed by atoms with Gasteiger partial charge in [0.2, 0.25) is 0 Å². The van der Waals surface area contributed by atoms with Crippen LogP contribution < -0.4 is 10.6 Å². The molecule has 0 spiro atoms. The molecule has 2 amide bonds. The second kappa shape index (κ2) is 6.60. The van der Waals surface area contributed by atoms with E-state index in [0.29, 0.717) is 17.2 Å². The quantitative estimate of drug-likeness (QED) is 0.869. The van der Waals surface area contributed by atoms with Crippen LogP contribution in [0.5, 0.6) is 0 Å². The van der Waals surface area contributed by atoms with Gasteiger partial charge in [0.1, 0.15) is 6.07 Å². The largest absolute Gasteiger partial charge is 0.323 e. The molecule has 1 saturated carbocycles. The average molecular weight is 255 g/mol. The van der Waals surface area contributed by atoms with Gasteiger partial charge >= 0.3 is 6.03 Å². The highest BCUT2D eigenvalue weighted by atomic mass is 16.2. The van der Waals surface area contributed by atoms with E-state index in [2.05, 4.69) is 10.6 Å². The van der Waals surface area contributed by atoms with Gasteiger partial charge in [-0.05, 0) is 30.9 Å². The van der Waals surface area contributed by atoms with E-state index in [1.165, 1.54) is 25.7 Å². The summed E-state index contributed by atoms with van der Waals surface area (Å²) in [5.74, 6) is 0.590. The number of amides is 2. The lowest BCUT2D eigenvalue weighted by molar-refractivity contribution is 0.255. The van der Waals surface area contributed by atoms with Gasteiger partial charge in [0.05, 0.1) is 11.3 Å². The molecule has 0 radical (unpaired) electrons. The highest BCUT2D eigenvalue weighted by molar-refractivity contribution is 5.91. The van der Waals surface area contributed by atoms with Gasteiger partial charge < -0.3 is 10.6 Å². The fourth-order valence-electron chi connectivity index (χ4n) is 2.26. The van der Waals surface area contributed by atoms with Gasteiger partial charge in [-0.3, -0.25) is 0 Å². The summed E-state index contributed by atoms with van der Waals surface area (Å²) in [7, 11) is 0. The van der Waals surface area contributed by atoms with Crippen LogP contribution in [0.2, 0.25) is 0 Å². The molecule has 1 fully saturated rings. The predicted octanol–water partition coefficient (Wildman–Crippen LogP) is 3.38. The number of para-hydroxylation sites is 1. The van der Waals surface area contributed by atoms with Crippen molar-refractivity contribution < 1.29 is 4.79 Å². The topological polar surface area (TPSA) is 64.9 Å². The fourth-order valence-corrected chi connectivity index (χ4v) is 2.26. The maximum absolute atomic E-state index is 11.7. The number of benzene rings is 1. The molecule has 4 nitrogen and oxygen atoms in total. The van der Waals surface area contributed by atoms with E-state index < -0.39 is 0 Å². The lowest BCUT2D eigenvalue weighted by atomic mass is 10.1. The van der Waals surface area contributed by atoms with Crippen molar-refractivity contribution in [2.75, 3.05) is 5.32 Å². The smallest absolute Gasteiger partial charge is 0.315 e. The van der Waals surface area contributed by atoms with Gasteiger partial charge in [0.15, 0.2) is 0 Å². The molecule has 0 bridgehead atoms. The van der Waals surface area contributed by atoms with Crippen molar-refractivity contribution in [2.45, 2.75) is 25.7 Å². The first-order valence-corrected chi connectivity index (χ1v) is 6.53. The van der Waals surface area contributed by atoms with E-state index in [-0.39, 0.29) is 6.03 Å². The Labute approximate surface area is 113 Å². The average Bonchev–Trinajstić information content (AvgIpc) is 2.92. The summed E-state index contributed by atoms with van der Waals surface area (Å²) in [6.45, 7) is 0. The Hall–Kier alpha value is -2.28. The molecule has 0 unspecified atom stereocenters. The van der Waals surface area contributed by atoms with Gasteiger partial charge in [-0.1, -0.05) is 31.1 Å². The standard InChI is InChI=1S/C15H17N3O/c16-11-13-7-3-4-8-14(13)18-15(19)17-10-9-12-5-1-2-6-12/h3-4,7-10,12H,1-2,5-6H2,(H2,17,18,19)/b10-9+. The van der Waals surface area contributed by atoms with E-state index in [1.54, 1.807) is 30.5 Å². The zero-order chi connectivity index (χ0) is 13.5. The van der Waals surface area contributed by atoms with Crippen molar-refractivity contribution in [3.63, 3.8) is 0 Å². The number of nitrogens with one attached hydrogen (secondary N) is 2. The lowest BCUT2D eigenvalue weighted by Gasteiger charge is -2.06. The van der Waals surface area contributed by atoms with Crippen LogP contribution in [0.1, 0.15) is 31.2 Å². The van der Waals surface area contributed by atoms with Crippen molar-refractivity contribution >= 4 is 11.7 Å². The Morgan fingerprint density at radius 2 is 2.05 bits per heavy atom. The van der Waals surface area contributed by atoms with Gasteiger partial charge in [-0.25, -0.2) is 4.79 Å². The molecule has 1 aromatic rings. The second-order valence-electron chi connectivity index (χ2n) is 4.66. The highest BCUT2D eigenvalue weighted by Gasteiger charge is 2.11. The van der Waals surface area contributed by atoms with E-state index in [1.807, 2.05) is 12.1 Å². The summed E-state index contributed by atoms with van der Waals surface area (Å²) < 4.78 is 0. The van der Waals surface area contributed by atoms with Gasteiger partial charge in [-0.2, -0.15) is 5.26 Å².